The highest BCUT2D eigenvalue weighted by atomic mass is 32.2. The first-order chi connectivity index (χ1) is 20.6. The molecule has 1 fully saturated rings. The van der Waals surface area contributed by atoms with Gasteiger partial charge in [-0.3, -0.25) is 0 Å². The van der Waals surface area contributed by atoms with Gasteiger partial charge in [0.1, 0.15) is 12.1 Å². The first kappa shape index (κ1) is 29.8. The highest BCUT2D eigenvalue weighted by Gasteiger charge is 2.31. The molecule has 2 heterocycles. The van der Waals surface area contributed by atoms with Crippen molar-refractivity contribution >= 4 is 34.9 Å². The lowest BCUT2D eigenvalue weighted by Crippen LogP contribution is -2.27. The molecule has 0 bridgehead atoms. The number of hydrogen-bond donors (Lipinski definition) is 1. The van der Waals surface area contributed by atoms with Crippen molar-refractivity contribution in [2.45, 2.75) is 33.1 Å². The Bertz CT molecular complexity index is 1650. The Hall–Kier alpha value is -4.65. The molecular formula is C30H28F3N7O2S. The minimum atomic E-state index is -4.75. The molecule has 0 aliphatic carbocycles. The highest BCUT2D eigenvalue weighted by Crippen LogP contribution is 2.33. The van der Waals surface area contributed by atoms with E-state index in [4.69, 9.17) is 0 Å². The van der Waals surface area contributed by atoms with Gasteiger partial charge in [0, 0.05) is 23.5 Å². The van der Waals surface area contributed by atoms with Gasteiger partial charge < -0.3 is 9.64 Å². The number of anilines is 1. The molecule has 0 radical (unpaired) electrons. The number of amidine groups is 1. The van der Waals surface area contributed by atoms with Crippen molar-refractivity contribution in [2.75, 3.05) is 17.2 Å². The average Bonchev–Trinajstić information content (AvgIpc) is 3.63. The minimum absolute atomic E-state index is 0.320. The molecule has 222 valence electrons. The first-order valence-corrected chi connectivity index (χ1v) is 14.4. The number of alkyl halides is 3. The average molecular weight is 608 g/mol. The minimum Gasteiger partial charge on any atom is -0.406 e. The van der Waals surface area contributed by atoms with Gasteiger partial charge in [0.2, 0.25) is 0 Å². The molecule has 1 aliphatic heterocycles. The SMILES string of the molecule is Cc1ccc(N2CCS/C2=N\C(=O)N/N=C/c2ccc(-c3ncn(-c4ccc(OC(F)(F)F)cc4)n3)cc2)c(C(C)C)c1. The molecule has 0 spiro atoms. The third-order valence-electron chi connectivity index (χ3n) is 6.44. The lowest BCUT2D eigenvalue weighted by molar-refractivity contribution is -0.274. The molecule has 0 saturated carbocycles. The maximum absolute atomic E-state index is 12.5. The number of rotatable bonds is 7. The van der Waals surface area contributed by atoms with E-state index in [1.54, 1.807) is 24.3 Å². The van der Waals surface area contributed by atoms with Crippen molar-refractivity contribution in [1.82, 2.24) is 20.2 Å². The van der Waals surface area contributed by atoms with Crippen LogP contribution in [-0.2, 0) is 0 Å². The number of nitrogens with zero attached hydrogens (tertiary/aromatic N) is 6. The third-order valence-corrected chi connectivity index (χ3v) is 7.40. The van der Waals surface area contributed by atoms with Gasteiger partial charge in [0.15, 0.2) is 11.0 Å². The van der Waals surface area contributed by atoms with Crippen LogP contribution in [0.1, 0.15) is 36.5 Å². The summed E-state index contributed by atoms with van der Waals surface area (Å²) >= 11 is 1.53. The Kier molecular flexibility index (Phi) is 8.81. The number of nitrogens with one attached hydrogen (secondary N) is 1. The maximum Gasteiger partial charge on any atom is 0.573 e. The molecular weight excluding hydrogens is 579 g/mol. The quantitative estimate of drug-likeness (QED) is 0.181. The Morgan fingerprint density at radius 1 is 1.09 bits per heavy atom. The van der Waals surface area contributed by atoms with Crippen molar-refractivity contribution in [3.63, 3.8) is 0 Å². The van der Waals surface area contributed by atoms with Gasteiger partial charge in [0.25, 0.3) is 0 Å². The fraction of sp³-hybridized carbons (Fsp3) is 0.233. The number of ether oxygens (including phenoxy) is 1. The maximum atomic E-state index is 12.5. The smallest absolute Gasteiger partial charge is 0.406 e. The molecule has 9 nitrogen and oxygen atoms in total. The van der Waals surface area contributed by atoms with Crippen LogP contribution in [0.15, 0.2) is 83.2 Å². The van der Waals surface area contributed by atoms with E-state index in [2.05, 4.69) is 74.2 Å². The standard InChI is InChI=1S/C30H28F3N7O2S/c1-19(2)25-16-20(3)4-13-26(25)39-14-15-43-29(39)36-28(41)37-35-17-21-5-7-22(8-6-21)27-34-18-40(38-27)23-9-11-24(12-10-23)42-30(31,32)33/h4-13,16-19H,14-15H2,1-3H3,(H,37,41)/b35-17+,36-29-. The zero-order chi connectivity index (χ0) is 30.6. The molecule has 1 aromatic heterocycles. The molecule has 1 N–H and O–H groups in total. The van der Waals surface area contributed by atoms with Crippen molar-refractivity contribution < 1.29 is 22.7 Å². The van der Waals surface area contributed by atoms with Crippen LogP contribution < -0.4 is 15.1 Å². The fourth-order valence-corrected chi connectivity index (χ4v) is 5.36. The lowest BCUT2D eigenvalue weighted by Gasteiger charge is -2.23. The Balaban J connectivity index is 1.19. The molecule has 13 heteroatoms. The summed E-state index contributed by atoms with van der Waals surface area (Å²) in [6, 6.07) is 18.3. The van der Waals surface area contributed by atoms with Gasteiger partial charge in [-0.05, 0) is 54.3 Å². The molecule has 0 unspecified atom stereocenters. The fourth-order valence-electron chi connectivity index (χ4n) is 4.41. The van der Waals surface area contributed by atoms with Gasteiger partial charge in [-0.15, -0.1) is 18.3 Å². The van der Waals surface area contributed by atoms with E-state index in [-0.39, 0.29) is 5.75 Å². The number of hydrogen-bond acceptors (Lipinski definition) is 6. The summed E-state index contributed by atoms with van der Waals surface area (Å²) < 4.78 is 42.5. The molecule has 2 amide bonds. The van der Waals surface area contributed by atoms with Crippen molar-refractivity contribution in [3.8, 4) is 22.8 Å². The predicted molar refractivity (Wildman–Crippen MR) is 162 cm³/mol. The first-order valence-electron chi connectivity index (χ1n) is 13.4. The summed E-state index contributed by atoms with van der Waals surface area (Å²) in [6.07, 6.45) is -1.78. The van der Waals surface area contributed by atoms with Crippen LogP contribution in [0.2, 0.25) is 0 Å². The van der Waals surface area contributed by atoms with Crippen LogP contribution in [-0.4, -0.2) is 50.8 Å². The van der Waals surface area contributed by atoms with E-state index < -0.39 is 12.4 Å². The number of urea groups is 1. The largest absolute Gasteiger partial charge is 0.573 e. The molecule has 4 aromatic rings. The number of thioether (sulfide) groups is 1. The number of benzene rings is 3. The van der Waals surface area contributed by atoms with E-state index in [1.807, 2.05) is 0 Å². The van der Waals surface area contributed by atoms with Gasteiger partial charge in [-0.1, -0.05) is 67.6 Å². The molecule has 1 aliphatic rings. The third kappa shape index (κ3) is 7.60. The molecule has 0 atom stereocenters. The second-order valence-corrected chi connectivity index (χ2v) is 11.0. The summed E-state index contributed by atoms with van der Waals surface area (Å²) in [7, 11) is 0. The van der Waals surface area contributed by atoms with Crippen LogP contribution in [0, 0.1) is 6.92 Å². The molecule has 1 saturated heterocycles. The number of carbonyl (C=O) groups is 1. The monoisotopic (exact) mass is 607 g/mol. The number of aromatic nitrogens is 3. The summed E-state index contributed by atoms with van der Waals surface area (Å²) in [6.45, 7) is 7.14. The van der Waals surface area contributed by atoms with Gasteiger partial charge in [-0.2, -0.15) is 10.1 Å². The van der Waals surface area contributed by atoms with Gasteiger partial charge >= 0.3 is 12.4 Å². The topological polar surface area (TPSA) is 97.0 Å². The Morgan fingerprint density at radius 3 is 2.53 bits per heavy atom. The summed E-state index contributed by atoms with van der Waals surface area (Å²) in [5.41, 5.74) is 7.91. The number of aliphatic imine (C=N–C) groups is 1. The van der Waals surface area contributed by atoms with E-state index in [0.29, 0.717) is 22.6 Å². The number of amides is 2. The predicted octanol–water partition coefficient (Wildman–Crippen LogP) is 6.92. The lowest BCUT2D eigenvalue weighted by atomic mass is 9.98. The highest BCUT2D eigenvalue weighted by molar-refractivity contribution is 8.14. The zero-order valence-electron chi connectivity index (χ0n) is 23.5. The normalized spacial score (nSPS) is 14.7. The van der Waals surface area contributed by atoms with Crippen LogP contribution in [0.5, 0.6) is 5.75 Å². The van der Waals surface area contributed by atoms with E-state index in [9.17, 15) is 18.0 Å². The Labute approximate surface area is 250 Å². The zero-order valence-corrected chi connectivity index (χ0v) is 24.4. The van der Waals surface area contributed by atoms with Gasteiger partial charge in [0.05, 0.1) is 11.9 Å². The summed E-state index contributed by atoms with van der Waals surface area (Å²) in [5.74, 6) is 1.28. The van der Waals surface area contributed by atoms with Crippen molar-refractivity contribution in [3.05, 3.63) is 89.7 Å². The van der Waals surface area contributed by atoms with E-state index >= 15 is 0 Å². The molecule has 3 aromatic carbocycles. The number of hydrazone groups is 1. The van der Waals surface area contributed by atoms with Crippen molar-refractivity contribution in [2.24, 2.45) is 10.1 Å². The Morgan fingerprint density at radius 2 is 1.84 bits per heavy atom. The summed E-state index contributed by atoms with van der Waals surface area (Å²) in [5, 5.41) is 9.08. The summed E-state index contributed by atoms with van der Waals surface area (Å²) in [4.78, 5) is 23.2. The number of carbonyl (C=O) groups excluding carboxylic acids is 1. The number of halogens is 3. The van der Waals surface area contributed by atoms with Crippen LogP contribution in [0.4, 0.5) is 23.7 Å². The molecule has 5 rings (SSSR count). The second kappa shape index (κ2) is 12.7. The second-order valence-electron chi connectivity index (χ2n) is 9.96. The molecule has 43 heavy (non-hydrogen) atoms. The van der Waals surface area contributed by atoms with Crippen LogP contribution >= 0.6 is 11.8 Å². The number of aryl methyl sites for hydroxylation is 1. The van der Waals surface area contributed by atoms with E-state index in [1.165, 1.54) is 64.4 Å². The van der Waals surface area contributed by atoms with Crippen LogP contribution in [0.25, 0.3) is 17.1 Å². The van der Waals surface area contributed by atoms with Gasteiger partial charge in [-0.25, -0.2) is 19.9 Å². The van der Waals surface area contributed by atoms with Crippen LogP contribution in [0.3, 0.4) is 0 Å². The van der Waals surface area contributed by atoms with E-state index in [0.717, 1.165) is 29.1 Å². The van der Waals surface area contributed by atoms with Crippen molar-refractivity contribution in [1.29, 1.82) is 0 Å².